The van der Waals surface area contributed by atoms with Crippen molar-refractivity contribution in [2.45, 2.75) is 32.2 Å². The van der Waals surface area contributed by atoms with Gasteiger partial charge in [-0.05, 0) is 57.8 Å². The van der Waals surface area contributed by atoms with Crippen molar-refractivity contribution >= 4 is 11.7 Å². The van der Waals surface area contributed by atoms with Gasteiger partial charge in [0.05, 0.1) is 6.61 Å². The van der Waals surface area contributed by atoms with Crippen LogP contribution in [0.25, 0.3) is 0 Å². The quantitative estimate of drug-likeness (QED) is 0.864. The first-order valence-electron chi connectivity index (χ1n) is 7.88. The van der Waals surface area contributed by atoms with Gasteiger partial charge in [0.15, 0.2) is 5.54 Å². The summed E-state index contributed by atoms with van der Waals surface area (Å²) in [6.45, 7) is 7.33. The van der Waals surface area contributed by atoms with E-state index >= 15 is 0 Å². The first-order valence-corrected chi connectivity index (χ1v) is 7.88. The zero-order valence-electron chi connectivity index (χ0n) is 12.9. The van der Waals surface area contributed by atoms with Crippen LogP contribution in [0.1, 0.15) is 25.3 Å². The lowest BCUT2D eigenvalue weighted by molar-refractivity contribution is -0.155. The van der Waals surface area contributed by atoms with Gasteiger partial charge in [0.2, 0.25) is 0 Å². The highest BCUT2D eigenvalue weighted by atomic mass is 16.5. The molecule has 4 rings (SSSR count). The van der Waals surface area contributed by atoms with Crippen molar-refractivity contribution in [1.82, 2.24) is 4.90 Å². The van der Waals surface area contributed by atoms with Crippen LogP contribution in [0, 0.1) is 12.8 Å². The number of hydrogen-bond acceptors (Lipinski definition) is 4. The van der Waals surface area contributed by atoms with E-state index in [4.69, 9.17) is 4.74 Å². The third-order valence-electron chi connectivity index (χ3n) is 4.82. The molecule has 114 valence electrons. The molecule has 0 saturated carbocycles. The second kappa shape index (κ2) is 5.68. The number of esters is 1. The maximum Gasteiger partial charge on any atom is 0.333 e. The van der Waals surface area contributed by atoms with E-state index in [0.717, 1.165) is 38.2 Å². The molecule has 1 aromatic carbocycles. The molecule has 3 aliphatic heterocycles. The molecule has 1 atom stereocenters. The molecule has 0 spiro atoms. The molecule has 3 heterocycles. The zero-order chi connectivity index (χ0) is 14.9. The smallest absolute Gasteiger partial charge is 0.333 e. The van der Waals surface area contributed by atoms with Crippen molar-refractivity contribution in [2.75, 3.05) is 31.6 Å². The van der Waals surface area contributed by atoms with Crippen LogP contribution in [0.4, 0.5) is 5.69 Å². The molecule has 0 aromatic heterocycles. The number of aryl methyl sites for hydroxylation is 1. The number of fused-ring (bicyclic) bond motifs is 3. The number of nitrogens with zero attached hydrogens (tertiary/aromatic N) is 1. The second-order valence-electron chi connectivity index (χ2n) is 6.23. The number of ether oxygens (including phenoxy) is 1. The Bertz CT molecular complexity index is 506. The summed E-state index contributed by atoms with van der Waals surface area (Å²) in [7, 11) is 0. The Kier molecular flexibility index (Phi) is 3.89. The van der Waals surface area contributed by atoms with E-state index in [-0.39, 0.29) is 5.97 Å². The zero-order valence-corrected chi connectivity index (χ0v) is 12.9. The van der Waals surface area contributed by atoms with Crippen LogP contribution < -0.4 is 5.32 Å². The number of anilines is 1. The van der Waals surface area contributed by atoms with Crippen molar-refractivity contribution in [3.8, 4) is 0 Å². The number of carbonyl (C=O) groups excluding carboxylic acids is 1. The number of piperidine rings is 3. The third-order valence-corrected chi connectivity index (χ3v) is 4.82. The average molecular weight is 288 g/mol. The Labute approximate surface area is 126 Å². The summed E-state index contributed by atoms with van der Waals surface area (Å²) in [5.74, 6) is 0.267. The molecule has 1 aromatic rings. The fraction of sp³-hybridized carbons (Fsp3) is 0.588. The van der Waals surface area contributed by atoms with Gasteiger partial charge in [-0.3, -0.25) is 0 Å². The molecule has 4 nitrogen and oxygen atoms in total. The third kappa shape index (κ3) is 2.64. The van der Waals surface area contributed by atoms with Crippen LogP contribution in [0.5, 0.6) is 0 Å². The van der Waals surface area contributed by atoms with Crippen molar-refractivity contribution in [3.63, 3.8) is 0 Å². The SMILES string of the molecule is CCOC(=O)C1(Nc2ccc(C)cc2)CN2CCC1CC2. The van der Waals surface area contributed by atoms with Crippen molar-refractivity contribution in [2.24, 2.45) is 5.92 Å². The standard InChI is InChI=1S/C17H24N2O2/c1-3-21-16(20)17(12-19-10-8-14(17)9-11-19)18-15-6-4-13(2)5-7-15/h4-7,14,18H,3,8-12H2,1-2H3. The Hall–Kier alpha value is -1.55. The van der Waals surface area contributed by atoms with Crippen LogP contribution in [0.15, 0.2) is 24.3 Å². The van der Waals surface area contributed by atoms with E-state index in [2.05, 4.69) is 29.3 Å². The maximum absolute atomic E-state index is 12.7. The molecular weight excluding hydrogens is 264 g/mol. The van der Waals surface area contributed by atoms with E-state index < -0.39 is 5.54 Å². The summed E-state index contributed by atoms with van der Waals surface area (Å²) in [5.41, 5.74) is 1.64. The summed E-state index contributed by atoms with van der Waals surface area (Å²) in [6, 6.07) is 8.24. The average Bonchev–Trinajstić information content (AvgIpc) is 2.51. The molecule has 4 heteroatoms. The number of hydrogen-bond donors (Lipinski definition) is 1. The van der Waals surface area contributed by atoms with Gasteiger partial charge in [-0.15, -0.1) is 0 Å². The molecule has 1 N–H and O–H groups in total. The number of nitrogens with one attached hydrogen (secondary N) is 1. The molecule has 0 aliphatic carbocycles. The molecule has 0 amide bonds. The first-order chi connectivity index (χ1) is 10.1. The van der Waals surface area contributed by atoms with Crippen LogP contribution in [-0.2, 0) is 9.53 Å². The Morgan fingerprint density at radius 2 is 2.00 bits per heavy atom. The predicted octanol–water partition coefficient (Wildman–Crippen LogP) is 2.43. The minimum Gasteiger partial charge on any atom is -0.464 e. The van der Waals surface area contributed by atoms with Crippen LogP contribution in [0.2, 0.25) is 0 Å². The fourth-order valence-corrected chi connectivity index (χ4v) is 3.64. The number of benzene rings is 1. The van der Waals surface area contributed by atoms with Gasteiger partial charge in [-0.25, -0.2) is 4.79 Å². The highest BCUT2D eigenvalue weighted by molar-refractivity contribution is 5.86. The van der Waals surface area contributed by atoms with Gasteiger partial charge >= 0.3 is 5.97 Å². The monoisotopic (exact) mass is 288 g/mol. The molecule has 1 unspecified atom stereocenters. The van der Waals surface area contributed by atoms with Gasteiger partial charge in [-0.1, -0.05) is 17.7 Å². The van der Waals surface area contributed by atoms with Gasteiger partial charge in [0.25, 0.3) is 0 Å². The number of carbonyl (C=O) groups is 1. The Morgan fingerprint density at radius 1 is 1.33 bits per heavy atom. The second-order valence-corrected chi connectivity index (χ2v) is 6.23. The summed E-state index contributed by atoms with van der Waals surface area (Å²) in [4.78, 5) is 15.0. The van der Waals surface area contributed by atoms with Crippen molar-refractivity contribution < 1.29 is 9.53 Å². The van der Waals surface area contributed by atoms with Crippen molar-refractivity contribution in [3.05, 3.63) is 29.8 Å². The largest absolute Gasteiger partial charge is 0.464 e. The van der Waals surface area contributed by atoms with Crippen molar-refractivity contribution in [1.29, 1.82) is 0 Å². The van der Waals surface area contributed by atoms with E-state index in [9.17, 15) is 4.79 Å². The summed E-state index contributed by atoms with van der Waals surface area (Å²) in [6.07, 6.45) is 2.13. The molecular formula is C17H24N2O2. The van der Waals surface area contributed by atoms with E-state index in [1.165, 1.54) is 5.56 Å². The molecule has 3 fully saturated rings. The van der Waals surface area contributed by atoms with Gasteiger partial charge in [0.1, 0.15) is 0 Å². The van der Waals surface area contributed by atoms with Gasteiger partial charge in [0, 0.05) is 12.2 Å². The van der Waals surface area contributed by atoms with E-state index in [1.54, 1.807) is 0 Å². The summed E-state index contributed by atoms with van der Waals surface area (Å²) < 4.78 is 5.41. The molecule has 3 saturated heterocycles. The summed E-state index contributed by atoms with van der Waals surface area (Å²) >= 11 is 0. The normalized spacial score (nSPS) is 31.0. The minimum absolute atomic E-state index is 0.0972. The maximum atomic E-state index is 12.7. The molecule has 0 radical (unpaired) electrons. The highest BCUT2D eigenvalue weighted by Gasteiger charge is 2.53. The lowest BCUT2D eigenvalue weighted by Gasteiger charge is -2.52. The number of rotatable bonds is 4. The lowest BCUT2D eigenvalue weighted by atomic mass is 9.72. The molecule has 21 heavy (non-hydrogen) atoms. The van der Waals surface area contributed by atoms with Crippen LogP contribution >= 0.6 is 0 Å². The predicted molar refractivity (Wildman–Crippen MR) is 83.3 cm³/mol. The van der Waals surface area contributed by atoms with E-state index in [1.807, 2.05) is 19.1 Å². The molecule has 2 bridgehead atoms. The summed E-state index contributed by atoms with van der Waals surface area (Å²) in [5, 5.41) is 3.52. The highest BCUT2D eigenvalue weighted by Crippen LogP contribution is 2.39. The topological polar surface area (TPSA) is 41.6 Å². The Morgan fingerprint density at radius 3 is 2.52 bits per heavy atom. The van der Waals surface area contributed by atoms with Crippen LogP contribution in [0.3, 0.4) is 0 Å². The fourth-order valence-electron chi connectivity index (χ4n) is 3.64. The Balaban J connectivity index is 1.89. The lowest BCUT2D eigenvalue weighted by Crippen LogP contribution is -2.67. The van der Waals surface area contributed by atoms with Crippen LogP contribution in [-0.4, -0.2) is 42.6 Å². The minimum atomic E-state index is -0.582. The van der Waals surface area contributed by atoms with E-state index in [0.29, 0.717) is 12.5 Å². The molecule has 3 aliphatic rings. The first kappa shape index (κ1) is 14.4. The van der Waals surface area contributed by atoms with Gasteiger partial charge in [-0.2, -0.15) is 0 Å². The van der Waals surface area contributed by atoms with Gasteiger partial charge < -0.3 is 15.0 Å².